The van der Waals surface area contributed by atoms with Crippen molar-refractivity contribution in [2.75, 3.05) is 5.43 Å². The fourth-order valence-electron chi connectivity index (χ4n) is 1.64. The fraction of sp³-hybridized carbons (Fsp3) is 0. The van der Waals surface area contributed by atoms with E-state index in [-0.39, 0.29) is 5.56 Å². The number of fused-ring (bicyclic) bond motifs is 1. The second-order valence-corrected chi connectivity index (χ2v) is 4.31. The number of nitrogens with zero attached hydrogens (tertiary/aromatic N) is 3. The van der Waals surface area contributed by atoms with Crippen LogP contribution >= 0.6 is 11.6 Å². The highest BCUT2D eigenvalue weighted by molar-refractivity contribution is 6.33. The van der Waals surface area contributed by atoms with E-state index < -0.39 is 0 Å². The Hall–Kier alpha value is -2.67. The third-order valence-corrected chi connectivity index (χ3v) is 2.92. The Morgan fingerprint density at radius 3 is 3.00 bits per heavy atom. The van der Waals surface area contributed by atoms with Gasteiger partial charge < -0.3 is 9.97 Å². The predicted molar refractivity (Wildman–Crippen MR) is 77.2 cm³/mol. The van der Waals surface area contributed by atoms with Crippen molar-refractivity contribution in [1.82, 2.24) is 19.9 Å². The SMILES string of the molecule is O=c1[nH]cnc2nc(NN=Cc3ccccc3Cl)[nH]c12. The van der Waals surface area contributed by atoms with Crippen LogP contribution in [0.3, 0.4) is 0 Å². The van der Waals surface area contributed by atoms with Crippen molar-refractivity contribution >= 4 is 34.9 Å². The Morgan fingerprint density at radius 2 is 2.20 bits per heavy atom. The van der Waals surface area contributed by atoms with Crippen molar-refractivity contribution in [3.05, 3.63) is 51.5 Å². The quantitative estimate of drug-likeness (QED) is 0.505. The molecule has 0 atom stereocenters. The number of halogens is 1. The zero-order valence-corrected chi connectivity index (χ0v) is 10.8. The second kappa shape index (κ2) is 5.14. The number of hydrogen-bond donors (Lipinski definition) is 3. The largest absolute Gasteiger partial charge is 0.317 e. The number of rotatable bonds is 3. The van der Waals surface area contributed by atoms with Crippen molar-refractivity contribution in [2.24, 2.45) is 5.10 Å². The minimum absolute atomic E-state index is 0.286. The molecule has 0 fully saturated rings. The van der Waals surface area contributed by atoms with Gasteiger partial charge in [0.25, 0.3) is 5.56 Å². The van der Waals surface area contributed by atoms with Crippen molar-refractivity contribution in [2.45, 2.75) is 0 Å². The van der Waals surface area contributed by atoms with Crippen molar-refractivity contribution < 1.29 is 0 Å². The van der Waals surface area contributed by atoms with E-state index in [4.69, 9.17) is 11.6 Å². The lowest BCUT2D eigenvalue weighted by molar-refractivity contribution is 1.15. The highest BCUT2D eigenvalue weighted by Gasteiger charge is 2.05. The molecule has 1 aromatic carbocycles. The maximum Gasteiger partial charge on any atom is 0.276 e. The number of benzene rings is 1. The van der Waals surface area contributed by atoms with Crippen LogP contribution in [0.5, 0.6) is 0 Å². The Bertz CT molecular complexity index is 837. The summed E-state index contributed by atoms with van der Waals surface area (Å²) < 4.78 is 0. The summed E-state index contributed by atoms with van der Waals surface area (Å²) in [5.74, 6) is 0.326. The van der Waals surface area contributed by atoms with Crippen LogP contribution < -0.4 is 11.0 Å². The first-order valence-corrected chi connectivity index (χ1v) is 6.09. The molecule has 0 aliphatic rings. The third kappa shape index (κ3) is 2.39. The first-order valence-electron chi connectivity index (χ1n) is 5.71. The summed E-state index contributed by atoms with van der Waals surface area (Å²) >= 11 is 5.99. The number of hydrazone groups is 1. The molecule has 2 heterocycles. The second-order valence-electron chi connectivity index (χ2n) is 3.91. The molecule has 3 rings (SSSR count). The Kier molecular flexibility index (Phi) is 3.18. The molecule has 0 spiro atoms. The molecule has 0 bridgehead atoms. The summed E-state index contributed by atoms with van der Waals surface area (Å²) in [6, 6.07) is 7.30. The Morgan fingerprint density at radius 1 is 1.35 bits per heavy atom. The smallest absolute Gasteiger partial charge is 0.276 e. The molecule has 20 heavy (non-hydrogen) atoms. The summed E-state index contributed by atoms with van der Waals surface area (Å²) in [6.45, 7) is 0. The minimum atomic E-state index is -0.286. The van der Waals surface area contributed by atoms with E-state index in [0.29, 0.717) is 22.1 Å². The minimum Gasteiger partial charge on any atom is -0.317 e. The molecule has 0 amide bonds. The van der Waals surface area contributed by atoms with Gasteiger partial charge in [0.1, 0.15) is 0 Å². The van der Waals surface area contributed by atoms with Gasteiger partial charge in [-0.15, -0.1) is 0 Å². The highest BCUT2D eigenvalue weighted by atomic mass is 35.5. The van der Waals surface area contributed by atoms with Gasteiger partial charge in [0.15, 0.2) is 11.2 Å². The maximum atomic E-state index is 11.5. The van der Waals surface area contributed by atoms with Gasteiger partial charge in [0, 0.05) is 10.6 Å². The monoisotopic (exact) mass is 288 g/mol. The predicted octanol–water partition coefficient (Wildman–Crippen LogP) is 1.75. The molecule has 8 heteroatoms. The van der Waals surface area contributed by atoms with Gasteiger partial charge in [-0.25, -0.2) is 10.4 Å². The average molecular weight is 289 g/mol. The third-order valence-electron chi connectivity index (χ3n) is 2.57. The van der Waals surface area contributed by atoms with E-state index >= 15 is 0 Å². The lowest BCUT2D eigenvalue weighted by Crippen LogP contribution is -2.05. The molecular weight excluding hydrogens is 280 g/mol. The van der Waals surface area contributed by atoms with Crippen LogP contribution in [0.1, 0.15) is 5.56 Å². The first-order chi connectivity index (χ1) is 9.74. The molecule has 0 aliphatic heterocycles. The van der Waals surface area contributed by atoms with E-state index in [1.54, 1.807) is 12.3 Å². The zero-order valence-electron chi connectivity index (χ0n) is 10.1. The van der Waals surface area contributed by atoms with Crippen LogP contribution in [0.15, 0.2) is 40.5 Å². The van der Waals surface area contributed by atoms with Gasteiger partial charge in [0.05, 0.1) is 12.5 Å². The number of aromatic nitrogens is 4. The molecule has 0 saturated heterocycles. The molecular formula is C12H9ClN6O. The number of imidazole rings is 1. The summed E-state index contributed by atoms with van der Waals surface area (Å²) in [6.07, 6.45) is 2.86. The summed E-state index contributed by atoms with van der Waals surface area (Å²) in [4.78, 5) is 24.7. The number of aromatic amines is 2. The summed E-state index contributed by atoms with van der Waals surface area (Å²) in [7, 11) is 0. The molecule has 3 N–H and O–H groups in total. The van der Waals surface area contributed by atoms with Crippen molar-refractivity contribution in [3.63, 3.8) is 0 Å². The van der Waals surface area contributed by atoms with Gasteiger partial charge in [-0.2, -0.15) is 10.1 Å². The van der Waals surface area contributed by atoms with E-state index in [1.165, 1.54) is 6.33 Å². The van der Waals surface area contributed by atoms with Crippen LogP contribution in [-0.4, -0.2) is 26.2 Å². The molecule has 3 aromatic rings. The van der Waals surface area contributed by atoms with E-state index in [1.807, 2.05) is 18.2 Å². The number of anilines is 1. The topological polar surface area (TPSA) is 98.8 Å². The van der Waals surface area contributed by atoms with Gasteiger partial charge in [-0.05, 0) is 6.07 Å². The van der Waals surface area contributed by atoms with Crippen molar-refractivity contribution in [1.29, 1.82) is 0 Å². The molecule has 0 aliphatic carbocycles. The molecule has 2 aromatic heterocycles. The Balaban J connectivity index is 1.82. The van der Waals surface area contributed by atoms with E-state index in [2.05, 4.69) is 30.5 Å². The Labute approximate surface area is 117 Å². The van der Waals surface area contributed by atoms with Crippen LogP contribution in [0.4, 0.5) is 5.95 Å². The van der Waals surface area contributed by atoms with E-state index in [0.717, 1.165) is 5.56 Å². The summed E-state index contributed by atoms with van der Waals surface area (Å²) in [5.41, 5.74) is 3.79. The van der Waals surface area contributed by atoms with Crippen LogP contribution in [-0.2, 0) is 0 Å². The van der Waals surface area contributed by atoms with Gasteiger partial charge >= 0.3 is 0 Å². The maximum absolute atomic E-state index is 11.5. The number of nitrogens with one attached hydrogen (secondary N) is 3. The first kappa shape index (κ1) is 12.4. The van der Waals surface area contributed by atoms with Crippen LogP contribution in [0, 0.1) is 0 Å². The number of hydrogen-bond acceptors (Lipinski definition) is 5. The fourth-order valence-corrected chi connectivity index (χ4v) is 1.82. The van der Waals surface area contributed by atoms with E-state index in [9.17, 15) is 4.79 Å². The van der Waals surface area contributed by atoms with Crippen LogP contribution in [0.25, 0.3) is 11.2 Å². The molecule has 0 saturated carbocycles. The normalized spacial score (nSPS) is 11.2. The van der Waals surface area contributed by atoms with Gasteiger partial charge in [0.2, 0.25) is 5.95 Å². The van der Waals surface area contributed by atoms with Gasteiger partial charge in [-0.1, -0.05) is 29.8 Å². The molecule has 7 nitrogen and oxygen atoms in total. The molecule has 100 valence electrons. The molecule has 0 radical (unpaired) electrons. The molecule has 0 unspecified atom stereocenters. The number of H-pyrrole nitrogens is 2. The lowest BCUT2D eigenvalue weighted by atomic mass is 10.2. The van der Waals surface area contributed by atoms with Crippen LogP contribution in [0.2, 0.25) is 5.02 Å². The van der Waals surface area contributed by atoms with Gasteiger partial charge in [-0.3, -0.25) is 4.79 Å². The lowest BCUT2D eigenvalue weighted by Gasteiger charge is -1.96. The standard InChI is InChI=1S/C12H9ClN6O/c13-8-4-2-1-3-7(8)5-16-19-12-17-9-10(18-12)14-6-15-11(9)20/h1-6H,(H3,14,15,17,18,19,20). The zero-order chi connectivity index (χ0) is 13.9. The highest BCUT2D eigenvalue weighted by Crippen LogP contribution is 2.12. The van der Waals surface area contributed by atoms with Crippen molar-refractivity contribution in [3.8, 4) is 0 Å². The summed E-state index contributed by atoms with van der Waals surface area (Å²) in [5, 5.41) is 4.60. The average Bonchev–Trinajstić information content (AvgIpc) is 2.85.